The molecule has 0 spiro atoms. The van der Waals surface area contributed by atoms with Crippen molar-refractivity contribution in [2.45, 2.75) is 45.7 Å². The van der Waals surface area contributed by atoms with E-state index in [0.29, 0.717) is 18.2 Å². The Morgan fingerprint density at radius 2 is 1.84 bits per heavy atom. The van der Waals surface area contributed by atoms with Gasteiger partial charge in [-0.25, -0.2) is 4.98 Å². The van der Waals surface area contributed by atoms with Gasteiger partial charge in [0.15, 0.2) is 5.82 Å². The molecule has 37 heavy (non-hydrogen) atoms. The number of likely N-dealkylation sites (N-methyl/N-ethyl adjacent to an activating group) is 1. The van der Waals surface area contributed by atoms with Crippen LogP contribution in [0.5, 0.6) is 0 Å². The minimum absolute atomic E-state index is 0.0178. The highest BCUT2D eigenvalue weighted by Crippen LogP contribution is 2.36. The average Bonchev–Trinajstić information content (AvgIpc) is 3.25. The van der Waals surface area contributed by atoms with Crippen molar-refractivity contribution in [3.8, 4) is 0 Å². The zero-order valence-electron chi connectivity index (χ0n) is 21.3. The van der Waals surface area contributed by atoms with Gasteiger partial charge in [0.1, 0.15) is 11.4 Å². The highest BCUT2D eigenvalue weighted by atomic mass is 19.4. The number of nitrogens with zero attached hydrogens (tertiary/aromatic N) is 4. The van der Waals surface area contributed by atoms with Gasteiger partial charge >= 0.3 is 6.18 Å². The Hall–Kier alpha value is -3.67. The molecule has 1 aliphatic rings. The first-order valence-electron chi connectivity index (χ1n) is 12.1. The van der Waals surface area contributed by atoms with Crippen LogP contribution in [-0.2, 0) is 11.0 Å². The first kappa shape index (κ1) is 26.4. The molecule has 1 fully saturated rings. The first-order chi connectivity index (χ1) is 17.5. The summed E-state index contributed by atoms with van der Waals surface area (Å²) >= 11 is 0. The standard InChI is InChI=1S/C25H31F3N8O/c1-14-10-20(15(2)9-18(14)17-5-7-36(8-6-17)13-22(37)29-4)31-24-30-12-19(25(26,27)28)23(33-24)32-21-11-16(3)34-35-21/h9-12,17H,5-8,13H2,1-4H3,(H,29,37)(H3,30,31,32,33,34,35). The fourth-order valence-electron chi connectivity index (χ4n) is 4.57. The third-order valence-electron chi connectivity index (χ3n) is 6.58. The molecule has 1 saturated heterocycles. The van der Waals surface area contributed by atoms with E-state index in [9.17, 15) is 18.0 Å². The molecule has 0 atom stereocenters. The van der Waals surface area contributed by atoms with E-state index in [0.717, 1.165) is 48.9 Å². The fraction of sp³-hybridized carbons (Fsp3) is 0.440. The fourth-order valence-corrected chi connectivity index (χ4v) is 4.57. The summed E-state index contributed by atoms with van der Waals surface area (Å²) in [6.45, 7) is 7.83. The molecule has 0 radical (unpaired) electrons. The van der Waals surface area contributed by atoms with Crippen molar-refractivity contribution in [2.75, 3.05) is 37.3 Å². The Balaban J connectivity index is 1.52. The average molecular weight is 517 g/mol. The number of nitrogens with one attached hydrogen (secondary N) is 4. The van der Waals surface area contributed by atoms with Crippen LogP contribution in [0.3, 0.4) is 0 Å². The molecule has 4 rings (SSSR count). The van der Waals surface area contributed by atoms with E-state index in [1.807, 2.05) is 19.9 Å². The Kier molecular flexibility index (Phi) is 7.67. The number of carbonyl (C=O) groups excluding carboxylic acids is 1. The molecule has 0 bridgehead atoms. The van der Waals surface area contributed by atoms with Gasteiger partial charge in [0, 0.05) is 30.7 Å². The summed E-state index contributed by atoms with van der Waals surface area (Å²) in [5.74, 6) is 0.283. The molecule has 9 nitrogen and oxygen atoms in total. The van der Waals surface area contributed by atoms with Gasteiger partial charge in [-0.2, -0.15) is 23.3 Å². The molecule has 3 heterocycles. The zero-order valence-corrected chi connectivity index (χ0v) is 21.3. The van der Waals surface area contributed by atoms with Gasteiger partial charge in [-0.3, -0.25) is 14.8 Å². The lowest BCUT2D eigenvalue weighted by Crippen LogP contribution is -2.40. The molecule has 1 aromatic carbocycles. The number of amides is 1. The molecule has 198 valence electrons. The van der Waals surface area contributed by atoms with E-state index in [2.05, 4.69) is 47.1 Å². The molecule has 1 amide bonds. The van der Waals surface area contributed by atoms with Gasteiger partial charge in [-0.15, -0.1) is 0 Å². The van der Waals surface area contributed by atoms with Crippen molar-refractivity contribution in [3.63, 3.8) is 0 Å². The van der Waals surface area contributed by atoms with E-state index >= 15 is 0 Å². The van der Waals surface area contributed by atoms with Gasteiger partial charge in [-0.05, 0) is 75.4 Å². The second-order valence-corrected chi connectivity index (χ2v) is 9.39. The summed E-state index contributed by atoms with van der Waals surface area (Å²) in [7, 11) is 1.64. The van der Waals surface area contributed by atoms with Gasteiger partial charge in [0.2, 0.25) is 11.9 Å². The molecule has 1 aliphatic heterocycles. The van der Waals surface area contributed by atoms with Crippen LogP contribution in [-0.4, -0.2) is 57.7 Å². The van der Waals surface area contributed by atoms with Crippen LogP contribution < -0.4 is 16.0 Å². The number of piperidine rings is 1. The lowest BCUT2D eigenvalue weighted by molar-refractivity contribution is -0.137. The monoisotopic (exact) mass is 516 g/mol. The van der Waals surface area contributed by atoms with E-state index in [4.69, 9.17) is 0 Å². The maximum atomic E-state index is 13.6. The topological polar surface area (TPSA) is 111 Å². The number of aromatic nitrogens is 4. The largest absolute Gasteiger partial charge is 0.421 e. The lowest BCUT2D eigenvalue weighted by atomic mass is 9.85. The SMILES string of the molecule is CNC(=O)CN1CCC(c2cc(C)c(Nc3ncc(C(F)(F)F)c(Nc4cc(C)[nH]n4)n3)cc2C)CC1. The van der Waals surface area contributed by atoms with Crippen LogP contribution in [0, 0.1) is 20.8 Å². The van der Waals surface area contributed by atoms with Crippen molar-refractivity contribution < 1.29 is 18.0 Å². The van der Waals surface area contributed by atoms with E-state index in [1.54, 1.807) is 20.0 Å². The number of anilines is 4. The number of halogens is 3. The zero-order chi connectivity index (χ0) is 26.7. The quantitative estimate of drug-likeness (QED) is 0.364. The van der Waals surface area contributed by atoms with Crippen LogP contribution in [0.1, 0.15) is 46.7 Å². The minimum Gasteiger partial charge on any atom is -0.358 e. The molecule has 0 aliphatic carbocycles. The third kappa shape index (κ3) is 6.37. The summed E-state index contributed by atoms with van der Waals surface area (Å²) in [6, 6.07) is 5.68. The molecule has 0 unspecified atom stereocenters. The number of H-pyrrole nitrogens is 1. The highest BCUT2D eigenvalue weighted by molar-refractivity contribution is 5.77. The van der Waals surface area contributed by atoms with Gasteiger partial charge in [-0.1, -0.05) is 6.07 Å². The van der Waals surface area contributed by atoms with Gasteiger partial charge in [0.25, 0.3) is 0 Å². The van der Waals surface area contributed by atoms with Crippen molar-refractivity contribution >= 4 is 29.2 Å². The predicted octanol–water partition coefficient (Wildman–Crippen LogP) is 4.56. The predicted molar refractivity (Wildman–Crippen MR) is 135 cm³/mol. The molecule has 12 heteroatoms. The van der Waals surface area contributed by atoms with Crippen LogP contribution in [0.4, 0.5) is 36.4 Å². The number of aryl methyl sites for hydroxylation is 3. The lowest BCUT2D eigenvalue weighted by Gasteiger charge is -2.32. The van der Waals surface area contributed by atoms with E-state index < -0.39 is 11.7 Å². The molecular formula is C25H31F3N8O. The van der Waals surface area contributed by atoms with Crippen molar-refractivity contribution in [1.29, 1.82) is 0 Å². The maximum Gasteiger partial charge on any atom is 0.421 e. The second-order valence-electron chi connectivity index (χ2n) is 9.39. The normalized spacial score (nSPS) is 15.0. The Morgan fingerprint density at radius 1 is 1.11 bits per heavy atom. The molecule has 2 aromatic heterocycles. The van der Waals surface area contributed by atoms with Gasteiger partial charge in [0.05, 0.1) is 6.54 Å². The highest BCUT2D eigenvalue weighted by Gasteiger charge is 2.35. The maximum absolute atomic E-state index is 13.6. The third-order valence-corrected chi connectivity index (χ3v) is 6.58. The number of rotatable bonds is 7. The number of carbonyl (C=O) groups is 1. The number of alkyl halides is 3. The molecular weight excluding hydrogens is 485 g/mol. The summed E-state index contributed by atoms with van der Waals surface area (Å²) < 4.78 is 40.7. The summed E-state index contributed by atoms with van der Waals surface area (Å²) in [6.07, 6.45) is -1.96. The van der Waals surface area contributed by atoms with E-state index in [-0.39, 0.29) is 23.5 Å². The Labute approximate surface area is 213 Å². The van der Waals surface area contributed by atoms with Crippen molar-refractivity contribution in [2.24, 2.45) is 0 Å². The molecule has 3 aromatic rings. The number of hydrogen-bond donors (Lipinski definition) is 4. The van der Waals surface area contributed by atoms with Crippen molar-refractivity contribution in [3.05, 3.63) is 52.3 Å². The van der Waals surface area contributed by atoms with Gasteiger partial charge < -0.3 is 16.0 Å². The smallest absolute Gasteiger partial charge is 0.358 e. The van der Waals surface area contributed by atoms with Crippen LogP contribution in [0.2, 0.25) is 0 Å². The van der Waals surface area contributed by atoms with Crippen LogP contribution >= 0.6 is 0 Å². The van der Waals surface area contributed by atoms with Crippen LogP contribution in [0.25, 0.3) is 0 Å². The summed E-state index contributed by atoms with van der Waals surface area (Å²) in [5, 5.41) is 15.0. The van der Waals surface area contributed by atoms with E-state index in [1.165, 1.54) is 5.56 Å². The number of benzene rings is 1. The minimum atomic E-state index is -4.63. The number of hydrogen-bond acceptors (Lipinski definition) is 7. The number of likely N-dealkylation sites (tertiary alicyclic amines) is 1. The first-order valence-corrected chi connectivity index (χ1v) is 12.1. The van der Waals surface area contributed by atoms with Crippen LogP contribution in [0.15, 0.2) is 24.4 Å². The van der Waals surface area contributed by atoms with Crippen molar-refractivity contribution in [1.82, 2.24) is 30.4 Å². The summed E-state index contributed by atoms with van der Waals surface area (Å²) in [4.78, 5) is 21.9. The number of aromatic amines is 1. The summed E-state index contributed by atoms with van der Waals surface area (Å²) in [5.41, 5.74) is 3.70. The molecule has 0 saturated carbocycles. The Morgan fingerprint density at radius 3 is 2.46 bits per heavy atom. The molecule has 4 N–H and O–H groups in total. The Bertz CT molecular complexity index is 1270. The second kappa shape index (κ2) is 10.8.